The number of rotatable bonds is 27. The molecule has 1 atom stereocenters. The normalized spacial score (nSPS) is 12.6. The molecule has 0 saturated carbocycles. The van der Waals surface area contributed by atoms with Gasteiger partial charge in [-0.25, -0.2) is 87.8 Å². The molecule has 4 aromatic carbocycles. The van der Waals surface area contributed by atoms with Crippen LogP contribution < -0.4 is 0 Å². The molecule has 4 rings (SSSR count). The minimum Gasteiger partial charge on any atom is -0.299 e. The highest BCUT2D eigenvalue weighted by Gasteiger charge is 2.53. The Morgan fingerprint density at radius 3 is 0.857 bits per heavy atom. The smallest absolute Gasteiger partial charge is 0.200 e. The minimum atomic E-state index is -4.57. The maximum Gasteiger partial charge on any atom is 0.200 e. The molecule has 0 amide bonds. The Balaban J connectivity index is 1.54. The average molecular weight is 1030 g/mol. The summed E-state index contributed by atoms with van der Waals surface area (Å²) in [6.07, 6.45) is 7.60. The van der Waals surface area contributed by atoms with Crippen LogP contribution in [0.5, 0.6) is 0 Å². The monoisotopic (exact) mass is 1030 g/mol. The van der Waals surface area contributed by atoms with Crippen LogP contribution in [-0.4, -0.2) is 18.5 Å². The predicted octanol–water partition coefficient (Wildman–Crippen LogP) is 17.3. The Bertz CT molecular complexity index is 2170. The maximum absolute atomic E-state index is 15.7. The standard InChI is InChI=1S/C49H49F20N/c1-3-4-5-6-7-8-11-14-17-20-23-70(2)24(25-29(50)37(58)45(66)38(59)30(25)51)21-18-15-12-9-10-13-16-19-22-49(26-31(52)39(60)46(67)40(61)32(26)53,27-33(54)41(62)47(68)42(63)34(27)55)28-35(56)43(64)48(69)44(65)36(28)57/h24H,3-23H2,1-2H3. The van der Waals surface area contributed by atoms with E-state index >= 15 is 35.1 Å². The molecule has 21 heteroatoms. The van der Waals surface area contributed by atoms with E-state index < -0.39 is 169 Å². The number of nitrogens with zero attached hydrogens (tertiary/aromatic N) is 1. The molecule has 0 spiro atoms. The van der Waals surface area contributed by atoms with Crippen LogP contribution in [0.15, 0.2) is 0 Å². The number of hydrogen-bond donors (Lipinski definition) is 0. The van der Waals surface area contributed by atoms with E-state index in [1.807, 2.05) is 0 Å². The van der Waals surface area contributed by atoms with Gasteiger partial charge < -0.3 is 0 Å². The van der Waals surface area contributed by atoms with E-state index in [1.165, 1.54) is 11.9 Å². The fourth-order valence-electron chi connectivity index (χ4n) is 8.98. The van der Waals surface area contributed by atoms with Crippen molar-refractivity contribution in [1.29, 1.82) is 0 Å². The third-order valence-corrected chi connectivity index (χ3v) is 12.7. The van der Waals surface area contributed by atoms with Crippen LogP contribution in [0.1, 0.15) is 164 Å². The van der Waals surface area contributed by atoms with Crippen LogP contribution >= 0.6 is 0 Å². The highest BCUT2D eigenvalue weighted by atomic mass is 19.2. The lowest BCUT2D eigenvalue weighted by Gasteiger charge is -2.37. The molecule has 0 aromatic heterocycles. The predicted molar refractivity (Wildman–Crippen MR) is 218 cm³/mol. The van der Waals surface area contributed by atoms with Gasteiger partial charge in [-0.1, -0.05) is 116 Å². The Hall–Kier alpha value is -4.56. The fraction of sp³-hybridized carbons (Fsp3) is 0.510. The zero-order valence-corrected chi connectivity index (χ0v) is 37.9. The summed E-state index contributed by atoms with van der Waals surface area (Å²) in [4.78, 5) is 1.49. The van der Waals surface area contributed by atoms with Crippen molar-refractivity contribution in [2.45, 2.75) is 147 Å². The van der Waals surface area contributed by atoms with E-state index in [0.29, 0.717) is 12.8 Å². The molecule has 1 unspecified atom stereocenters. The summed E-state index contributed by atoms with van der Waals surface area (Å²) < 4.78 is 299. The largest absolute Gasteiger partial charge is 0.299 e. The van der Waals surface area contributed by atoms with Crippen molar-refractivity contribution < 1.29 is 87.8 Å². The SMILES string of the molecule is CCCCCCCCCCCCN(C)C(CCCCCCCCCCC(c1c(F)c(F)c(F)c(F)c1F)(c1c(F)c(F)c(F)c(F)c1F)c1c(F)c(F)c(F)c(F)c1F)c1c(F)c(F)c(F)c(F)c1F. The van der Waals surface area contributed by atoms with Gasteiger partial charge in [-0.2, -0.15) is 0 Å². The van der Waals surface area contributed by atoms with Crippen molar-refractivity contribution >= 4 is 0 Å². The zero-order valence-electron chi connectivity index (χ0n) is 37.9. The first-order valence-corrected chi connectivity index (χ1v) is 22.8. The molecular formula is C49H49F20N. The highest BCUT2D eigenvalue weighted by molar-refractivity contribution is 5.54. The van der Waals surface area contributed by atoms with E-state index in [9.17, 15) is 52.7 Å². The number of halogens is 20. The molecule has 0 fully saturated rings. The van der Waals surface area contributed by atoms with Crippen molar-refractivity contribution in [3.8, 4) is 0 Å². The second kappa shape index (κ2) is 25.7. The maximum atomic E-state index is 15.7. The molecule has 0 bridgehead atoms. The molecule has 1 nitrogen and oxygen atoms in total. The van der Waals surface area contributed by atoms with Gasteiger partial charge >= 0.3 is 0 Å². The number of hydrogen-bond acceptors (Lipinski definition) is 1. The molecule has 0 saturated heterocycles. The molecule has 0 N–H and O–H groups in total. The Morgan fingerprint density at radius 2 is 0.543 bits per heavy atom. The Kier molecular flexibility index (Phi) is 21.3. The number of unbranched alkanes of at least 4 members (excludes halogenated alkanes) is 16. The van der Waals surface area contributed by atoms with E-state index in [-0.39, 0.29) is 45.1 Å². The summed E-state index contributed by atoms with van der Waals surface area (Å²) in [6, 6.07) is -1.25. The van der Waals surface area contributed by atoms with Gasteiger partial charge in [-0.15, -0.1) is 0 Å². The molecule has 4 aromatic rings. The molecule has 390 valence electrons. The fourth-order valence-corrected chi connectivity index (χ4v) is 8.98. The molecule has 0 aliphatic rings. The van der Waals surface area contributed by atoms with Gasteiger partial charge in [-0.05, 0) is 32.9 Å². The van der Waals surface area contributed by atoms with Crippen LogP contribution in [0.3, 0.4) is 0 Å². The lowest BCUT2D eigenvalue weighted by molar-refractivity contribution is 0.207. The van der Waals surface area contributed by atoms with Gasteiger partial charge in [0.15, 0.2) is 93.1 Å². The van der Waals surface area contributed by atoms with Crippen LogP contribution in [0, 0.1) is 116 Å². The zero-order chi connectivity index (χ0) is 52.4. The van der Waals surface area contributed by atoms with E-state index in [0.717, 1.165) is 57.8 Å². The van der Waals surface area contributed by atoms with E-state index in [4.69, 9.17) is 0 Å². The van der Waals surface area contributed by atoms with Crippen LogP contribution in [0.4, 0.5) is 87.8 Å². The van der Waals surface area contributed by atoms with Crippen molar-refractivity contribution in [3.63, 3.8) is 0 Å². The second-order valence-electron chi connectivity index (χ2n) is 17.3. The molecule has 70 heavy (non-hydrogen) atoms. The van der Waals surface area contributed by atoms with Gasteiger partial charge in [0.05, 0.1) is 5.41 Å². The molecular weight excluding hydrogens is 983 g/mol. The van der Waals surface area contributed by atoms with Crippen LogP contribution in [0.2, 0.25) is 0 Å². The van der Waals surface area contributed by atoms with Crippen molar-refractivity contribution in [3.05, 3.63) is 139 Å². The Morgan fingerprint density at radius 1 is 0.300 bits per heavy atom. The third-order valence-electron chi connectivity index (χ3n) is 12.7. The van der Waals surface area contributed by atoms with Gasteiger partial charge in [0.25, 0.3) is 0 Å². The van der Waals surface area contributed by atoms with Gasteiger partial charge in [-0.3, -0.25) is 4.90 Å². The van der Waals surface area contributed by atoms with Crippen LogP contribution in [-0.2, 0) is 5.41 Å². The lowest BCUT2D eigenvalue weighted by atomic mass is 9.65. The van der Waals surface area contributed by atoms with E-state index in [2.05, 4.69) is 6.92 Å². The number of benzene rings is 4. The first-order chi connectivity index (χ1) is 33.0. The summed E-state index contributed by atoms with van der Waals surface area (Å²) in [7, 11) is 1.48. The van der Waals surface area contributed by atoms with Gasteiger partial charge in [0, 0.05) is 28.3 Å². The van der Waals surface area contributed by atoms with Gasteiger partial charge in [0.1, 0.15) is 0 Å². The highest BCUT2D eigenvalue weighted by Crippen LogP contribution is 2.52. The molecule has 0 aliphatic carbocycles. The van der Waals surface area contributed by atoms with E-state index in [1.54, 1.807) is 0 Å². The first kappa shape index (κ1) is 58.0. The lowest BCUT2D eigenvalue weighted by Crippen LogP contribution is -2.39. The average Bonchev–Trinajstić information content (AvgIpc) is 3.34. The molecule has 0 aliphatic heterocycles. The summed E-state index contributed by atoms with van der Waals surface area (Å²) >= 11 is 0. The van der Waals surface area contributed by atoms with Crippen LogP contribution in [0.25, 0.3) is 0 Å². The van der Waals surface area contributed by atoms with Gasteiger partial charge in [0.2, 0.25) is 23.3 Å². The molecule has 0 radical (unpaired) electrons. The van der Waals surface area contributed by atoms with Crippen molar-refractivity contribution in [2.75, 3.05) is 13.6 Å². The quantitative estimate of drug-likeness (QED) is 0.0189. The Labute approximate surface area is 391 Å². The summed E-state index contributed by atoms with van der Waals surface area (Å²) in [5.74, 6) is -56.6. The summed E-state index contributed by atoms with van der Waals surface area (Å²) in [5.41, 5.74) is -13.7. The van der Waals surface area contributed by atoms with Crippen molar-refractivity contribution in [2.24, 2.45) is 0 Å². The summed E-state index contributed by atoms with van der Waals surface area (Å²) in [5, 5.41) is 0. The minimum absolute atomic E-state index is 0.0816. The first-order valence-electron chi connectivity index (χ1n) is 22.8. The second-order valence-corrected chi connectivity index (χ2v) is 17.3. The van der Waals surface area contributed by atoms with Crippen molar-refractivity contribution in [1.82, 2.24) is 4.90 Å². The molecule has 0 heterocycles. The topological polar surface area (TPSA) is 3.24 Å². The summed E-state index contributed by atoms with van der Waals surface area (Å²) in [6.45, 7) is 2.36. The third kappa shape index (κ3) is 12.0.